The van der Waals surface area contributed by atoms with Crippen molar-refractivity contribution >= 4 is 11.6 Å². The van der Waals surface area contributed by atoms with Crippen LogP contribution in [0.15, 0.2) is 30.6 Å². The average molecular weight is 295 g/mol. The van der Waals surface area contributed by atoms with Gasteiger partial charge >= 0.3 is 0 Å². The number of carbonyl (C=O) groups is 1. The van der Waals surface area contributed by atoms with Crippen molar-refractivity contribution in [2.75, 3.05) is 5.43 Å². The second kappa shape index (κ2) is 6.31. The lowest BCUT2D eigenvalue weighted by molar-refractivity contribution is 0.0935. The number of aromatic nitrogens is 2. The molecule has 0 aliphatic heterocycles. The van der Waals surface area contributed by atoms with Gasteiger partial charge in [0.15, 0.2) is 11.6 Å². The third kappa shape index (κ3) is 3.54. The fourth-order valence-electron chi connectivity index (χ4n) is 1.88. The predicted molar refractivity (Wildman–Crippen MR) is 73.3 cm³/mol. The molecule has 0 radical (unpaired) electrons. The van der Waals surface area contributed by atoms with Gasteiger partial charge in [-0.05, 0) is 25.1 Å². The first-order valence-corrected chi connectivity index (χ1v) is 6.25. The molecule has 1 atom stereocenters. The highest BCUT2D eigenvalue weighted by atomic mass is 19.1. The number of nitrogens with zero attached hydrogens (tertiary/aromatic N) is 2. The lowest BCUT2D eigenvalue weighted by atomic mass is 10.1. The van der Waals surface area contributed by atoms with E-state index in [1.54, 1.807) is 30.1 Å². The third-order valence-electron chi connectivity index (χ3n) is 2.85. The van der Waals surface area contributed by atoms with Crippen LogP contribution in [0.25, 0.3) is 0 Å². The highest BCUT2D eigenvalue weighted by Crippen LogP contribution is 2.19. The molecule has 112 valence electrons. The van der Waals surface area contributed by atoms with Crippen molar-refractivity contribution < 1.29 is 13.6 Å². The molecule has 0 saturated heterocycles. The zero-order chi connectivity index (χ0) is 15.4. The smallest absolute Gasteiger partial charge is 0.251 e. The molecule has 2 aromatic rings. The maximum Gasteiger partial charge on any atom is 0.251 e. The van der Waals surface area contributed by atoms with Crippen molar-refractivity contribution in [3.8, 4) is 0 Å². The molecule has 4 N–H and O–H groups in total. The van der Waals surface area contributed by atoms with Gasteiger partial charge in [-0.2, -0.15) is 5.10 Å². The van der Waals surface area contributed by atoms with Crippen molar-refractivity contribution in [1.29, 1.82) is 0 Å². The first-order chi connectivity index (χ1) is 10.0. The molecule has 0 bridgehead atoms. The van der Waals surface area contributed by atoms with Crippen LogP contribution < -0.4 is 16.6 Å². The van der Waals surface area contributed by atoms with Crippen molar-refractivity contribution in [2.45, 2.75) is 19.5 Å². The Balaban J connectivity index is 2.06. The highest BCUT2D eigenvalue weighted by Gasteiger charge is 2.16. The van der Waals surface area contributed by atoms with Crippen LogP contribution in [0.2, 0.25) is 0 Å². The molecule has 1 amide bonds. The minimum absolute atomic E-state index is 0.115. The van der Waals surface area contributed by atoms with E-state index in [1.807, 2.05) is 5.43 Å². The Morgan fingerprint density at radius 2 is 2.10 bits per heavy atom. The van der Waals surface area contributed by atoms with E-state index in [1.165, 1.54) is 0 Å². The summed E-state index contributed by atoms with van der Waals surface area (Å²) in [4.78, 5) is 12.0. The summed E-state index contributed by atoms with van der Waals surface area (Å²) in [5, 5.41) is 6.65. The summed E-state index contributed by atoms with van der Waals surface area (Å²) in [6.45, 7) is 2.22. The molecule has 0 spiro atoms. The number of nitrogens with two attached hydrogens (primary N) is 1. The van der Waals surface area contributed by atoms with E-state index >= 15 is 0 Å². The number of hydrogen-bond donors (Lipinski definition) is 3. The number of nitrogens with one attached hydrogen (secondary N) is 2. The van der Waals surface area contributed by atoms with E-state index in [-0.39, 0.29) is 11.6 Å². The zero-order valence-corrected chi connectivity index (χ0v) is 11.3. The van der Waals surface area contributed by atoms with Crippen molar-refractivity contribution in [1.82, 2.24) is 15.1 Å². The van der Waals surface area contributed by atoms with Gasteiger partial charge in [-0.1, -0.05) is 0 Å². The van der Waals surface area contributed by atoms with Crippen LogP contribution in [0.3, 0.4) is 0 Å². The summed E-state index contributed by atoms with van der Waals surface area (Å²) in [6, 6.07) is 3.36. The standard InChI is InChI=1S/C13H15F2N5O/c1-8(7-20-4-2-3-17-20)18-13(21)9-5-10(14)12(19-16)11(15)6-9/h2-6,8,19H,7,16H2,1H3,(H,18,21). The molecule has 1 aromatic heterocycles. The number of hydrazine groups is 1. The maximum absolute atomic E-state index is 13.5. The Hall–Kier alpha value is -2.48. The lowest BCUT2D eigenvalue weighted by Crippen LogP contribution is -2.36. The van der Waals surface area contributed by atoms with Crippen LogP contribution in [-0.4, -0.2) is 21.7 Å². The summed E-state index contributed by atoms with van der Waals surface area (Å²) >= 11 is 0. The third-order valence-corrected chi connectivity index (χ3v) is 2.85. The second-order valence-electron chi connectivity index (χ2n) is 4.56. The predicted octanol–water partition coefficient (Wildman–Crippen LogP) is 1.27. The van der Waals surface area contributed by atoms with E-state index in [4.69, 9.17) is 5.84 Å². The van der Waals surface area contributed by atoms with Gasteiger partial charge in [-0.15, -0.1) is 0 Å². The fourth-order valence-corrected chi connectivity index (χ4v) is 1.88. The molecule has 21 heavy (non-hydrogen) atoms. The van der Waals surface area contributed by atoms with Crippen LogP contribution in [-0.2, 0) is 6.54 Å². The molecule has 1 unspecified atom stereocenters. The van der Waals surface area contributed by atoms with Gasteiger partial charge < -0.3 is 10.7 Å². The van der Waals surface area contributed by atoms with Gasteiger partial charge in [0.2, 0.25) is 0 Å². The number of rotatable bonds is 5. The fraction of sp³-hybridized carbons (Fsp3) is 0.231. The van der Waals surface area contributed by atoms with Crippen LogP contribution >= 0.6 is 0 Å². The number of nitrogen functional groups attached to an aromatic ring is 1. The number of amides is 1. The number of halogens is 2. The van der Waals surface area contributed by atoms with Gasteiger partial charge in [0.05, 0.1) is 6.54 Å². The monoisotopic (exact) mass is 295 g/mol. The Labute approximate surface area is 119 Å². The summed E-state index contributed by atoms with van der Waals surface area (Å²) in [5.41, 5.74) is 1.32. The quantitative estimate of drug-likeness (QED) is 0.573. The van der Waals surface area contributed by atoms with Gasteiger partial charge in [0.1, 0.15) is 5.69 Å². The van der Waals surface area contributed by atoms with Crippen LogP contribution in [0.5, 0.6) is 0 Å². The van der Waals surface area contributed by atoms with E-state index in [2.05, 4.69) is 10.4 Å². The number of benzene rings is 1. The molecule has 0 fully saturated rings. The molecule has 2 rings (SSSR count). The van der Waals surface area contributed by atoms with E-state index < -0.39 is 23.2 Å². The second-order valence-corrected chi connectivity index (χ2v) is 4.56. The molecule has 1 aromatic carbocycles. The molecule has 6 nitrogen and oxygen atoms in total. The Kier molecular flexibility index (Phi) is 4.49. The van der Waals surface area contributed by atoms with E-state index in [9.17, 15) is 13.6 Å². The van der Waals surface area contributed by atoms with Crippen molar-refractivity contribution in [3.63, 3.8) is 0 Å². The van der Waals surface area contributed by atoms with Gasteiger partial charge in [0, 0.05) is 24.0 Å². The SMILES string of the molecule is CC(Cn1cccn1)NC(=O)c1cc(F)c(NN)c(F)c1. The number of carbonyl (C=O) groups excluding carboxylic acids is 1. The van der Waals surface area contributed by atoms with Gasteiger partial charge in [-0.3, -0.25) is 15.3 Å². The Morgan fingerprint density at radius 3 is 2.62 bits per heavy atom. The van der Waals surface area contributed by atoms with Crippen molar-refractivity contribution in [3.05, 3.63) is 47.8 Å². The minimum Gasteiger partial charge on any atom is -0.348 e. The van der Waals surface area contributed by atoms with E-state index in [0.717, 1.165) is 12.1 Å². The van der Waals surface area contributed by atoms with Gasteiger partial charge in [-0.25, -0.2) is 8.78 Å². The van der Waals surface area contributed by atoms with Crippen LogP contribution in [0, 0.1) is 11.6 Å². The van der Waals surface area contributed by atoms with E-state index in [0.29, 0.717) is 6.54 Å². The maximum atomic E-state index is 13.5. The molecule has 0 aliphatic rings. The molecule has 0 saturated carbocycles. The van der Waals surface area contributed by atoms with Crippen LogP contribution in [0.4, 0.5) is 14.5 Å². The summed E-state index contributed by atoms with van der Waals surface area (Å²) in [6.07, 6.45) is 3.38. The first-order valence-electron chi connectivity index (χ1n) is 6.25. The zero-order valence-electron chi connectivity index (χ0n) is 11.3. The normalized spacial score (nSPS) is 12.0. The highest BCUT2D eigenvalue weighted by molar-refractivity contribution is 5.94. The van der Waals surface area contributed by atoms with Crippen LogP contribution in [0.1, 0.15) is 17.3 Å². The molecular formula is C13H15F2N5O. The summed E-state index contributed by atoms with van der Waals surface area (Å²) in [7, 11) is 0. The average Bonchev–Trinajstić information content (AvgIpc) is 2.90. The summed E-state index contributed by atoms with van der Waals surface area (Å²) in [5.74, 6) is 2.56. The number of anilines is 1. The topological polar surface area (TPSA) is 85.0 Å². The van der Waals surface area contributed by atoms with Crippen molar-refractivity contribution in [2.24, 2.45) is 5.84 Å². The largest absolute Gasteiger partial charge is 0.348 e. The Bertz CT molecular complexity index is 606. The minimum atomic E-state index is -0.928. The molecular weight excluding hydrogens is 280 g/mol. The van der Waals surface area contributed by atoms with Gasteiger partial charge in [0.25, 0.3) is 5.91 Å². The lowest BCUT2D eigenvalue weighted by Gasteiger charge is -2.14. The molecule has 0 aliphatic carbocycles. The summed E-state index contributed by atoms with van der Waals surface area (Å²) < 4.78 is 28.7. The first kappa shape index (κ1) is 14.9. The number of hydrogen-bond acceptors (Lipinski definition) is 4. The molecule has 1 heterocycles. The Morgan fingerprint density at radius 1 is 1.43 bits per heavy atom. The molecule has 8 heteroatoms.